The minimum Gasteiger partial charge on any atom is -0.390 e. The first-order valence-electron chi connectivity index (χ1n) is 7.13. The van der Waals surface area contributed by atoms with Crippen molar-refractivity contribution in [3.8, 4) is 0 Å². The molecule has 0 saturated heterocycles. The van der Waals surface area contributed by atoms with Crippen molar-refractivity contribution < 1.29 is 4.79 Å². The number of carbonyl (C=O) groups is 1. The maximum atomic E-state index is 12.8. The Kier molecular flexibility index (Phi) is 4.47. The largest absolute Gasteiger partial charge is 0.390 e. The number of nitrogens with two attached hydrogens (primary N) is 1. The zero-order valence-corrected chi connectivity index (χ0v) is 14.5. The van der Waals surface area contributed by atoms with Crippen LogP contribution in [0, 0.1) is 0 Å². The van der Waals surface area contributed by atoms with Crippen LogP contribution in [0.2, 0.25) is 0 Å². The van der Waals surface area contributed by atoms with Gasteiger partial charge in [0.15, 0.2) is 5.78 Å². The number of rotatable bonds is 4. The van der Waals surface area contributed by atoms with Crippen molar-refractivity contribution in [3.05, 3.63) is 63.0 Å². The van der Waals surface area contributed by atoms with E-state index in [0.29, 0.717) is 16.1 Å². The van der Waals surface area contributed by atoms with E-state index in [4.69, 9.17) is 5.73 Å². The molecule has 3 nitrogen and oxygen atoms in total. The molecular formula is C17H17BrN2OS. The molecule has 1 aromatic carbocycles. The summed E-state index contributed by atoms with van der Waals surface area (Å²) in [5.74, 6) is 0.0275. The van der Waals surface area contributed by atoms with Crippen molar-refractivity contribution in [1.82, 2.24) is 4.90 Å². The van der Waals surface area contributed by atoms with E-state index in [-0.39, 0.29) is 5.78 Å². The van der Waals surface area contributed by atoms with Crippen LogP contribution in [0.1, 0.15) is 26.4 Å². The predicted octanol–water partition coefficient (Wildman–Crippen LogP) is 3.87. The van der Waals surface area contributed by atoms with Crippen molar-refractivity contribution >= 4 is 38.1 Å². The van der Waals surface area contributed by atoms with Crippen LogP contribution in [0.5, 0.6) is 0 Å². The highest BCUT2D eigenvalue weighted by atomic mass is 79.9. The molecule has 0 radical (unpaired) electrons. The summed E-state index contributed by atoms with van der Waals surface area (Å²) in [4.78, 5) is 16.3. The summed E-state index contributed by atoms with van der Waals surface area (Å²) in [6, 6.07) is 7.44. The maximum Gasteiger partial charge on any atom is 0.196 e. The van der Waals surface area contributed by atoms with Gasteiger partial charge in [0.25, 0.3) is 0 Å². The topological polar surface area (TPSA) is 46.3 Å². The number of nitrogen functional groups attached to an aromatic ring is 1. The van der Waals surface area contributed by atoms with Gasteiger partial charge in [-0.15, -0.1) is 17.9 Å². The van der Waals surface area contributed by atoms with Crippen LogP contribution in [0.4, 0.5) is 5.00 Å². The third-order valence-electron chi connectivity index (χ3n) is 3.88. The number of benzene rings is 1. The lowest BCUT2D eigenvalue weighted by Gasteiger charge is -2.25. The number of hydrogen-bond donors (Lipinski definition) is 1. The highest BCUT2D eigenvalue weighted by Crippen LogP contribution is 2.36. The fraction of sp³-hybridized carbons (Fsp3) is 0.235. The zero-order valence-electron chi connectivity index (χ0n) is 12.1. The van der Waals surface area contributed by atoms with Gasteiger partial charge in [-0.2, -0.15) is 0 Å². The Hall–Kier alpha value is -1.43. The van der Waals surface area contributed by atoms with Gasteiger partial charge >= 0.3 is 0 Å². The van der Waals surface area contributed by atoms with E-state index in [1.165, 1.54) is 4.88 Å². The number of thiophene rings is 1. The summed E-state index contributed by atoms with van der Waals surface area (Å²) in [5, 5.41) is 0.637. The highest BCUT2D eigenvalue weighted by molar-refractivity contribution is 9.10. The third kappa shape index (κ3) is 2.89. The molecule has 0 aliphatic carbocycles. The van der Waals surface area contributed by atoms with E-state index in [0.717, 1.165) is 36.1 Å². The van der Waals surface area contributed by atoms with Crippen molar-refractivity contribution in [2.75, 3.05) is 18.8 Å². The van der Waals surface area contributed by atoms with Crippen LogP contribution in [-0.4, -0.2) is 23.8 Å². The molecule has 0 amide bonds. The van der Waals surface area contributed by atoms with Crippen LogP contribution >= 0.6 is 27.3 Å². The Morgan fingerprint density at radius 3 is 2.82 bits per heavy atom. The summed E-state index contributed by atoms with van der Waals surface area (Å²) in [6.07, 6.45) is 2.78. The first-order chi connectivity index (χ1) is 10.6. The molecule has 22 heavy (non-hydrogen) atoms. The summed E-state index contributed by atoms with van der Waals surface area (Å²) in [7, 11) is 0. The highest BCUT2D eigenvalue weighted by Gasteiger charge is 2.27. The Morgan fingerprint density at radius 2 is 2.14 bits per heavy atom. The van der Waals surface area contributed by atoms with Crippen LogP contribution < -0.4 is 5.73 Å². The molecule has 2 heterocycles. The van der Waals surface area contributed by atoms with Gasteiger partial charge in [0, 0.05) is 34.5 Å². The predicted molar refractivity (Wildman–Crippen MR) is 95.5 cm³/mol. The lowest BCUT2D eigenvalue weighted by molar-refractivity contribution is 0.103. The summed E-state index contributed by atoms with van der Waals surface area (Å²) >= 11 is 4.94. The Bertz CT molecular complexity index is 721. The molecule has 0 unspecified atom stereocenters. The summed E-state index contributed by atoms with van der Waals surface area (Å²) in [5.41, 5.74) is 8.69. The fourth-order valence-corrected chi connectivity index (χ4v) is 4.23. The van der Waals surface area contributed by atoms with E-state index >= 15 is 0 Å². The molecule has 2 N–H and O–H groups in total. The van der Waals surface area contributed by atoms with Crippen LogP contribution in [0.15, 0.2) is 41.4 Å². The van der Waals surface area contributed by atoms with E-state index in [2.05, 4.69) is 27.4 Å². The van der Waals surface area contributed by atoms with Gasteiger partial charge in [0.1, 0.15) is 0 Å². The molecule has 5 heteroatoms. The Labute approximate surface area is 142 Å². The van der Waals surface area contributed by atoms with E-state index < -0.39 is 0 Å². The molecule has 1 aliphatic heterocycles. The SMILES string of the molecule is C=CCN1CCc2c(sc(N)c2C(=O)c2ccc(Br)cc2)C1. The first-order valence-corrected chi connectivity index (χ1v) is 8.74. The quantitative estimate of drug-likeness (QED) is 0.650. The molecule has 2 aromatic rings. The van der Waals surface area contributed by atoms with Gasteiger partial charge in [-0.3, -0.25) is 9.69 Å². The average molecular weight is 377 g/mol. The second-order valence-corrected chi connectivity index (χ2v) is 7.41. The minimum atomic E-state index is 0.0275. The molecule has 3 rings (SSSR count). The van der Waals surface area contributed by atoms with Gasteiger partial charge in [0.05, 0.1) is 10.6 Å². The van der Waals surface area contributed by atoms with Crippen LogP contribution in [0.25, 0.3) is 0 Å². The molecule has 0 saturated carbocycles. The summed E-state index contributed by atoms with van der Waals surface area (Å²) < 4.78 is 0.962. The molecular weight excluding hydrogens is 360 g/mol. The molecule has 1 aliphatic rings. The van der Waals surface area contributed by atoms with Crippen LogP contribution in [-0.2, 0) is 13.0 Å². The maximum absolute atomic E-state index is 12.8. The number of nitrogens with zero attached hydrogens (tertiary/aromatic N) is 1. The second-order valence-electron chi connectivity index (χ2n) is 5.35. The summed E-state index contributed by atoms with van der Waals surface area (Å²) in [6.45, 7) is 6.45. The third-order valence-corrected chi connectivity index (χ3v) is 5.46. The van der Waals surface area contributed by atoms with Crippen molar-refractivity contribution in [1.29, 1.82) is 0 Å². The smallest absolute Gasteiger partial charge is 0.196 e. The molecule has 0 spiro atoms. The number of anilines is 1. The van der Waals surface area contributed by atoms with Crippen LogP contribution in [0.3, 0.4) is 0 Å². The number of carbonyl (C=O) groups excluding carboxylic acids is 1. The van der Waals surface area contributed by atoms with Gasteiger partial charge in [-0.1, -0.05) is 22.0 Å². The van der Waals surface area contributed by atoms with Crippen molar-refractivity contribution in [3.63, 3.8) is 0 Å². The Morgan fingerprint density at radius 1 is 1.41 bits per heavy atom. The fourth-order valence-electron chi connectivity index (χ4n) is 2.81. The molecule has 1 aromatic heterocycles. The molecule has 0 fully saturated rings. The van der Waals surface area contributed by atoms with Crippen molar-refractivity contribution in [2.24, 2.45) is 0 Å². The average Bonchev–Trinajstić information content (AvgIpc) is 2.83. The molecule has 114 valence electrons. The monoisotopic (exact) mass is 376 g/mol. The Balaban J connectivity index is 1.94. The number of hydrogen-bond acceptors (Lipinski definition) is 4. The number of ketones is 1. The second kappa shape index (κ2) is 6.36. The van der Waals surface area contributed by atoms with E-state index in [1.54, 1.807) is 11.3 Å². The molecule has 0 atom stereocenters. The standard InChI is InChI=1S/C17H17BrN2OS/c1-2-8-20-9-7-13-14(10-20)22-17(19)15(13)16(21)11-3-5-12(18)6-4-11/h2-6H,1,7-10,19H2. The van der Waals surface area contributed by atoms with Crippen molar-refractivity contribution in [2.45, 2.75) is 13.0 Å². The van der Waals surface area contributed by atoms with E-state index in [1.807, 2.05) is 30.3 Å². The lowest BCUT2D eigenvalue weighted by atomic mass is 9.96. The minimum absolute atomic E-state index is 0.0275. The first kappa shape index (κ1) is 15.5. The zero-order chi connectivity index (χ0) is 15.7. The van der Waals surface area contributed by atoms with Gasteiger partial charge < -0.3 is 5.73 Å². The number of fused-ring (bicyclic) bond motifs is 1. The number of halogens is 1. The van der Waals surface area contributed by atoms with Gasteiger partial charge in [-0.05, 0) is 36.2 Å². The van der Waals surface area contributed by atoms with E-state index in [9.17, 15) is 4.79 Å². The molecule has 0 bridgehead atoms. The lowest BCUT2D eigenvalue weighted by Crippen LogP contribution is -2.30. The van der Waals surface area contributed by atoms with Gasteiger partial charge in [0.2, 0.25) is 0 Å². The normalized spacial score (nSPS) is 14.6. The van der Waals surface area contributed by atoms with Gasteiger partial charge in [-0.25, -0.2) is 0 Å².